The number of amides is 1. The summed E-state index contributed by atoms with van der Waals surface area (Å²) in [4.78, 5) is 15.7. The van der Waals surface area contributed by atoms with Crippen molar-refractivity contribution >= 4 is 5.91 Å². The van der Waals surface area contributed by atoms with Crippen LogP contribution >= 0.6 is 0 Å². The topological polar surface area (TPSA) is 59.8 Å². The molecule has 0 aliphatic heterocycles. The highest BCUT2D eigenvalue weighted by molar-refractivity contribution is 5.75. The number of rotatable bonds is 5. The number of carbonyl (C=O) groups is 1. The summed E-state index contributed by atoms with van der Waals surface area (Å²) in [5.41, 5.74) is 3.00. The van der Waals surface area contributed by atoms with Gasteiger partial charge in [-0.05, 0) is 24.1 Å². The molecule has 1 amide bonds. The van der Waals surface area contributed by atoms with Gasteiger partial charge in [0.15, 0.2) is 0 Å². The molecule has 0 unspecified atom stereocenters. The van der Waals surface area contributed by atoms with Crippen LogP contribution in [0.15, 0.2) is 30.7 Å². The molecule has 0 aliphatic rings. The van der Waals surface area contributed by atoms with Crippen molar-refractivity contribution in [1.29, 1.82) is 0 Å². The minimum Gasteiger partial charge on any atom is -0.352 e. The van der Waals surface area contributed by atoms with Crippen molar-refractivity contribution < 1.29 is 4.79 Å². The Balaban J connectivity index is 2.08. The number of aromatic nitrogens is 3. The lowest BCUT2D eigenvalue weighted by Gasteiger charge is -2.06. The molecule has 0 aromatic carbocycles. The summed E-state index contributed by atoms with van der Waals surface area (Å²) >= 11 is 0. The van der Waals surface area contributed by atoms with Crippen molar-refractivity contribution in [3.8, 4) is 11.3 Å². The van der Waals surface area contributed by atoms with Gasteiger partial charge in [0.25, 0.3) is 0 Å². The van der Waals surface area contributed by atoms with Crippen LogP contribution in [-0.2, 0) is 18.4 Å². The highest BCUT2D eigenvalue weighted by atomic mass is 16.1. The zero-order valence-electron chi connectivity index (χ0n) is 11.3. The second kappa shape index (κ2) is 6.13. The number of nitrogens with one attached hydrogen (secondary N) is 1. The molecule has 0 saturated carbocycles. The van der Waals surface area contributed by atoms with Crippen molar-refractivity contribution in [2.24, 2.45) is 7.05 Å². The number of carbonyl (C=O) groups excluding carboxylic acids is 1. The summed E-state index contributed by atoms with van der Waals surface area (Å²) < 4.78 is 1.80. The Morgan fingerprint density at radius 3 is 2.95 bits per heavy atom. The molecule has 5 heteroatoms. The summed E-state index contributed by atoms with van der Waals surface area (Å²) in [6, 6.07) is 3.96. The number of pyridine rings is 1. The van der Waals surface area contributed by atoms with Gasteiger partial charge in [-0.3, -0.25) is 14.5 Å². The lowest BCUT2D eigenvalue weighted by Crippen LogP contribution is -2.22. The number of hydrogen-bond donors (Lipinski definition) is 1. The van der Waals surface area contributed by atoms with E-state index in [0.717, 1.165) is 23.2 Å². The first-order valence-electron chi connectivity index (χ1n) is 6.39. The molecule has 0 bridgehead atoms. The third kappa shape index (κ3) is 3.40. The Morgan fingerprint density at radius 1 is 1.42 bits per heavy atom. The molecule has 0 spiro atoms. The van der Waals surface area contributed by atoms with Crippen LogP contribution in [0.4, 0.5) is 0 Å². The van der Waals surface area contributed by atoms with Gasteiger partial charge >= 0.3 is 0 Å². The molecular weight excluding hydrogens is 240 g/mol. The Hall–Kier alpha value is -2.17. The maximum Gasteiger partial charge on any atom is 0.220 e. The molecule has 100 valence electrons. The van der Waals surface area contributed by atoms with Gasteiger partial charge in [-0.2, -0.15) is 5.10 Å². The summed E-state index contributed by atoms with van der Waals surface area (Å²) in [5, 5.41) is 7.03. The first-order chi connectivity index (χ1) is 9.20. The molecule has 0 aliphatic carbocycles. The van der Waals surface area contributed by atoms with Crippen LogP contribution < -0.4 is 5.32 Å². The van der Waals surface area contributed by atoms with Gasteiger partial charge in [0.05, 0.1) is 5.69 Å². The molecule has 2 heterocycles. The normalized spacial score (nSPS) is 10.4. The van der Waals surface area contributed by atoms with E-state index in [4.69, 9.17) is 0 Å². The smallest absolute Gasteiger partial charge is 0.220 e. The van der Waals surface area contributed by atoms with E-state index in [1.807, 2.05) is 26.1 Å². The average Bonchev–Trinajstić information content (AvgIpc) is 2.83. The van der Waals surface area contributed by atoms with Gasteiger partial charge in [-0.1, -0.05) is 6.92 Å². The molecule has 0 radical (unpaired) electrons. The molecule has 2 aromatic rings. The van der Waals surface area contributed by atoms with Crippen LogP contribution in [0.2, 0.25) is 0 Å². The van der Waals surface area contributed by atoms with Crippen LogP contribution in [0, 0.1) is 0 Å². The van der Waals surface area contributed by atoms with Gasteiger partial charge in [0.1, 0.15) is 0 Å². The summed E-state index contributed by atoms with van der Waals surface area (Å²) in [6.45, 7) is 2.50. The van der Waals surface area contributed by atoms with E-state index >= 15 is 0 Å². The fourth-order valence-corrected chi connectivity index (χ4v) is 1.90. The molecule has 19 heavy (non-hydrogen) atoms. The summed E-state index contributed by atoms with van der Waals surface area (Å²) in [7, 11) is 1.89. The molecule has 2 rings (SSSR count). The van der Waals surface area contributed by atoms with E-state index in [-0.39, 0.29) is 5.91 Å². The molecule has 1 N–H and O–H groups in total. The standard InChI is InChI=1S/C14H18N4O/c1-3-4-14(19)16-9-11-7-12(10-15-8-11)13-5-6-17-18(13)2/h5-8,10H,3-4,9H2,1-2H3,(H,16,19). The van der Waals surface area contributed by atoms with E-state index in [2.05, 4.69) is 15.4 Å². The fourth-order valence-electron chi connectivity index (χ4n) is 1.90. The van der Waals surface area contributed by atoms with Gasteiger partial charge in [-0.25, -0.2) is 0 Å². The first-order valence-corrected chi connectivity index (χ1v) is 6.39. The van der Waals surface area contributed by atoms with Crippen LogP contribution in [0.1, 0.15) is 25.3 Å². The Labute approximate surface area is 112 Å². The predicted octanol–water partition coefficient (Wildman–Crippen LogP) is 1.90. The highest BCUT2D eigenvalue weighted by Gasteiger charge is 2.05. The summed E-state index contributed by atoms with van der Waals surface area (Å²) in [6.07, 6.45) is 6.75. The second-order valence-corrected chi connectivity index (χ2v) is 4.45. The zero-order chi connectivity index (χ0) is 13.7. The van der Waals surface area contributed by atoms with E-state index in [0.29, 0.717) is 13.0 Å². The molecule has 2 aromatic heterocycles. The Bertz CT molecular complexity index is 562. The minimum atomic E-state index is 0.0773. The van der Waals surface area contributed by atoms with Crippen LogP contribution in [0.25, 0.3) is 11.3 Å². The van der Waals surface area contributed by atoms with Gasteiger partial charge in [0.2, 0.25) is 5.91 Å². The van der Waals surface area contributed by atoms with Gasteiger partial charge < -0.3 is 5.32 Å². The van der Waals surface area contributed by atoms with E-state index < -0.39 is 0 Å². The summed E-state index contributed by atoms with van der Waals surface area (Å²) in [5.74, 6) is 0.0773. The highest BCUT2D eigenvalue weighted by Crippen LogP contribution is 2.17. The zero-order valence-corrected chi connectivity index (χ0v) is 11.3. The van der Waals surface area contributed by atoms with Crippen molar-refractivity contribution in [3.63, 3.8) is 0 Å². The molecular formula is C14H18N4O. The largest absolute Gasteiger partial charge is 0.352 e. The Kier molecular flexibility index (Phi) is 4.28. The molecule has 0 fully saturated rings. The maximum absolute atomic E-state index is 11.4. The third-order valence-electron chi connectivity index (χ3n) is 2.88. The fraction of sp³-hybridized carbons (Fsp3) is 0.357. The van der Waals surface area contributed by atoms with Crippen LogP contribution in [0.5, 0.6) is 0 Å². The van der Waals surface area contributed by atoms with Crippen molar-refractivity contribution in [3.05, 3.63) is 36.3 Å². The van der Waals surface area contributed by atoms with Crippen molar-refractivity contribution in [1.82, 2.24) is 20.1 Å². The van der Waals surface area contributed by atoms with Gasteiger partial charge in [0, 0.05) is 44.2 Å². The lowest BCUT2D eigenvalue weighted by atomic mass is 10.1. The second-order valence-electron chi connectivity index (χ2n) is 4.45. The molecule has 5 nitrogen and oxygen atoms in total. The number of hydrogen-bond acceptors (Lipinski definition) is 3. The average molecular weight is 258 g/mol. The third-order valence-corrected chi connectivity index (χ3v) is 2.88. The van der Waals surface area contributed by atoms with E-state index in [1.54, 1.807) is 23.3 Å². The van der Waals surface area contributed by atoms with Crippen molar-refractivity contribution in [2.45, 2.75) is 26.3 Å². The first kappa shape index (κ1) is 13.3. The predicted molar refractivity (Wildman–Crippen MR) is 73.2 cm³/mol. The van der Waals surface area contributed by atoms with E-state index in [9.17, 15) is 4.79 Å². The van der Waals surface area contributed by atoms with E-state index in [1.165, 1.54) is 0 Å². The Morgan fingerprint density at radius 2 is 2.26 bits per heavy atom. The lowest BCUT2D eigenvalue weighted by molar-refractivity contribution is -0.121. The van der Waals surface area contributed by atoms with Crippen LogP contribution in [-0.4, -0.2) is 20.7 Å². The maximum atomic E-state index is 11.4. The minimum absolute atomic E-state index is 0.0773. The SMILES string of the molecule is CCCC(=O)NCc1cncc(-c2ccnn2C)c1. The quantitative estimate of drug-likeness (QED) is 0.891. The number of nitrogens with zero attached hydrogens (tertiary/aromatic N) is 3. The molecule has 0 atom stereocenters. The van der Waals surface area contributed by atoms with Gasteiger partial charge in [-0.15, -0.1) is 0 Å². The number of aryl methyl sites for hydroxylation is 1. The van der Waals surface area contributed by atoms with Crippen molar-refractivity contribution in [2.75, 3.05) is 0 Å². The molecule has 0 saturated heterocycles. The van der Waals surface area contributed by atoms with Crippen LogP contribution in [0.3, 0.4) is 0 Å². The monoisotopic (exact) mass is 258 g/mol.